The summed E-state index contributed by atoms with van der Waals surface area (Å²) >= 11 is 12.6. The molecule has 1 atom stereocenters. The van der Waals surface area contributed by atoms with Crippen LogP contribution in [0.25, 0.3) is 0 Å². The standard InChI is InChI=1S/C25H29Cl2N3O2/c1-32-20-11-8-18(9-12-20)24-15-22(25(31)28-16-17-6-4-2-3-5-7-17)29-30(24)23-13-10-19(26)14-21(23)27/h8-14,17,24H,2-7,15-16H2,1H3,(H,28,31). The lowest BCUT2D eigenvalue weighted by Gasteiger charge is -2.25. The zero-order valence-electron chi connectivity index (χ0n) is 18.3. The summed E-state index contributed by atoms with van der Waals surface area (Å²) in [6, 6.07) is 13.0. The van der Waals surface area contributed by atoms with E-state index in [1.54, 1.807) is 19.2 Å². The highest BCUT2D eigenvalue weighted by Gasteiger charge is 2.33. The first-order chi connectivity index (χ1) is 15.5. The third-order valence-electron chi connectivity index (χ3n) is 6.36. The molecule has 7 heteroatoms. The Morgan fingerprint density at radius 1 is 1.09 bits per heavy atom. The highest BCUT2D eigenvalue weighted by atomic mass is 35.5. The molecule has 0 bridgehead atoms. The Morgan fingerprint density at radius 3 is 2.47 bits per heavy atom. The van der Waals surface area contributed by atoms with Gasteiger partial charge < -0.3 is 10.1 Å². The van der Waals surface area contributed by atoms with Crippen LogP contribution in [0.1, 0.15) is 56.6 Å². The maximum Gasteiger partial charge on any atom is 0.267 e. The van der Waals surface area contributed by atoms with Crippen molar-refractivity contribution < 1.29 is 9.53 Å². The van der Waals surface area contributed by atoms with Gasteiger partial charge in [-0.1, -0.05) is 61.0 Å². The predicted octanol–water partition coefficient (Wildman–Crippen LogP) is 6.40. The lowest BCUT2D eigenvalue weighted by Crippen LogP contribution is -2.34. The average Bonchev–Trinajstić information content (AvgIpc) is 3.06. The number of hydrogen-bond acceptors (Lipinski definition) is 4. The second kappa shape index (κ2) is 10.6. The molecule has 170 valence electrons. The van der Waals surface area contributed by atoms with Crippen molar-refractivity contribution in [1.29, 1.82) is 0 Å². The van der Waals surface area contributed by atoms with Crippen molar-refractivity contribution in [3.05, 3.63) is 58.1 Å². The summed E-state index contributed by atoms with van der Waals surface area (Å²) in [5.41, 5.74) is 2.28. The van der Waals surface area contributed by atoms with Crippen molar-refractivity contribution in [2.24, 2.45) is 11.0 Å². The zero-order chi connectivity index (χ0) is 22.5. The summed E-state index contributed by atoms with van der Waals surface area (Å²) in [4.78, 5) is 13.0. The minimum absolute atomic E-state index is 0.0969. The zero-order valence-corrected chi connectivity index (χ0v) is 19.8. The number of methoxy groups -OCH3 is 1. The lowest BCUT2D eigenvalue weighted by atomic mass is 9.99. The monoisotopic (exact) mass is 473 g/mol. The summed E-state index contributed by atoms with van der Waals surface area (Å²) in [7, 11) is 1.64. The Kier molecular flexibility index (Phi) is 7.59. The van der Waals surface area contributed by atoms with E-state index in [9.17, 15) is 4.79 Å². The number of benzene rings is 2. The van der Waals surface area contributed by atoms with Gasteiger partial charge in [-0.05, 0) is 54.7 Å². The van der Waals surface area contributed by atoms with Gasteiger partial charge in [0.25, 0.3) is 5.91 Å². The number of hydrazone groups is 1. The number of hydrogen-bond donors (Lipinski definition) is 1. The van der Waals surface area contributed by atoms with Crippen LogP contribution in [0.5, 0.6) is 5.75 Å². The molecule has 0 spiro atoms. The van der Waals surface area contributed by atoms with E-state index in [1.165, 1.54) is 38.5 Å². The minimum atomic E-state index is -0.141. The summed E-state index contributed by atoms with van der Waals surface area (Å²) < 4.78 is 5.29. The van der Waals surface area contributed by atoms with E-state index in [0.717, 1.165) is 17.0 Å². The number of carbonyl (C=O) groups is 1. The van der Waals surface area contributed by atoms with Gasteiger partial charge in [-0.3, -0.25) is 9.80 Å². The van der Waals surface area contributed by atoms with Crippen molar-refractivity contribution in [3.8, 4) is 5.75 Å². The van der Waals surface area contributed by atoms with Crippen LogP contribution in [0.3, 0.4) is 0 Å². The Morgan fingerprint density at radius 2 is 1.81 bits per heavy atom. The number of nitrogens with zero attached hydrogens (tertiary/aromatic N) is 2. The van der Waals surface area contributed by atoms with Crippen LogP contribution in [0.4, 0.5) is 5.69 Å². The smallest absolute Gasteiger partial charge is 0.267 e. The average molecular weight is 474 g/mol. The molecule has 1 saturated carbocycles. The second-order valence-electron chi connectivity index (χ2n) is 8.55. The molecular formula is C25H29Cl2N3O2. The van der Waals surface area contributed by atoms with E-state index in [-0.39, 0.29) is 11.9 Å². The van der Waals surface area contributed by atoms with Gasteiger partial charge in [-0.2, -0.15) is 5.10 Å². The molecule has 1 N–H and O–H groups in total. The van der Waals surface area contributed by atoms with Crippen molar-refractivity contribution in [2.75, 3.05) is 18.7 Å². The number of halogens is 2. The van der Waals surface area contributed by atoms with E-state index in [4.69, 9.17) is 33.0 Å². The van der Waals surface area contributed by atoms with Gasteiger partial charge in [-0.25, -0.2) is 0 Å². The predicted molar refractivity (Wildman–Crippen MR) is 131 cm³/mol. The van der Waals surface area contributed by atoms with Gasteiger partial charge in [0, 0.05) is 18.0 Å². The quantitative estimate of drug-likeness (QED) is 0.493. The van der Waals surface area contributed by atoms with E-state index in [0.29, 0.717) is 34.6 Å². The Bertz CT molecular complexity index is 970. The Hall–Kier alpha value is -2.24. The highest BCUT2D eigenvalue weighted by molar-refractivity contribution is 6.40. The third kappa shape index (κ3) is 5.38. The van der Waals surface area contributed by atoms with Gasteiger partial charge in [0.15, 0.2) is 0 Å². The van der Waals surface area contributed by atoms with Crippen molar-refractivity contribution >= 4 is 40.5 Å². The van der Waals surface area contributed by atoms with Gasteiger partial charge in [0.05, 0.1) is 23.9 Å². The number of anilines is 1. The number of amides is 1. The SMILES string of the molecule is COc1ccc(C2CC(C(=O)NCC3CCCCCC3)=NN2c2ccc(Cl)cc2Cl)cc1. The summed E-state index contributed by atoms with van der Waals surface area (Å²) in [6.45, 7) is 0.715. The summed E-state index contributed by atoms with van der Waals surface area (Å²) in [5, 5.41) is 10.7. The molecule has 2 aromatic rings. The molecule has 32 heavy (non-hydrogen) atoms. The van der Waals surface area contributed by atoms with Gasteiger partial charge in [-0.15, -0.1) is 0 Å². The number of carbonyl (C=O) groups excluding carboxylic acids is 1. The van der Waals surface area contributed by atoms with Gasteiger partial charge in [0.1, 0.15) is 11.5 Å². The van der Waals surface area contributed by atoms with Crippen LogP contribution < -0.4 is 15.1 Å². The molecule has 1 unspecified atom stereocenters. The van der Waals surface area contributed by atoms with Crippen LogP contribution in [-0.4, -0.2) is 25.3 Å². The van der Waals surface area contributed by atoms with Crippen molar-refractivity contribution in [1.82, 2.24) is 5.32 Å². The second-order valence-corrected chi connectivity index (χ2v) is 9.39. The fraction of sp³-hybridized carbons (Fsp3) is 0.440. The first-order valence-corrected chi connectivity index (χ1v) is 12.0. The maximum absolute atomic E-state index is 13.0. The summed E-state index contributed by atoms with van der Waals surface area (Å²) in [5.74, 6) is 1.24. The molecule has 1 heterocycles. The number of rotatable bonds is 6. The largest absolute Gasteiger partial charge is 0.497 e. The molecule has 0 saturated heterocycles. The normalized spacial score (nSPS) is 19.4. The third-order valence-corrected chi connectivity index (χ3v) is 6.89. The molecule has 0 aromatic heterocycles. The van der Waals surface area contributed by atoms with E-state index < -0.39 is 0 Å². The molecule has 2 aromatic carbocycles. The minimum Gasteiger partial charge on any atom is -0.497 e. The number of nitrogens with one attached hydrogen (secondary N) is 1. The molecule has 1 aliphatic heterocycles. The molecule has 0 radical (unpaired) electrons. The molecular weight excluding hydrogens is 445 g/mol. The van der Waals surface area contributed by atoms with Gasteiger partial charge in [0.2, 0.25) is 0 Å². The van der Waals surface area contributed by atoms with Crippen LogP contribution >= 0.6 is 23.2 Å². The molecule has 1 amide bonds. The van der Waals surface area contributed by atoms with Crippen LogP contribution in [0.15, 0.2) is 47.6 Å². The highest BCUT2D eigenvalue weighted by Crippen LogP contribution is 2.40. The Balaban J connectivity index is 1.55. The van der Waals surface area contributed by atoms with Crippen molar-refractivity contribution in [3.63, 3.8) is 0 Å². The topological polar surface area (TPSA) is 53.9 Å². The first kappa shape index (κ1) is 22.9. The van der Waals surface area contributed by atoms with Crippen LogP contribution in [-0.2, 0) is 4.79 Å². The number of ether oxygens (including phenoxy) is 1. The fourth-order valence-corrected chi connectivity index (χ4v) is 5.02. The Labute approximate surface area is 199 Å². The first-order valence-electron chi connectivity index (χ1n) is 11.3. The maximum atomic E-state index is 13.0. The fourth-order valence-electron chi connectivity index (χ4n) is 4.53. The van der Waals surface area contributed by atoms with E-state index in [1.807, 2.05) is 35.3 Å². The molecule has 1 aliphatic carbocycles. The van der Waals surface area contributed by atoms with Crippen LogP contribution in [0, 0.1) is 5.92 Å². The van der Waals surface area contributed by atoms with Crippen LogP contribution in [0.2, 0.25) is 10.0 Å². The van der Waals surface area contributed by atoms with Crippen molar-refractivity contribution in [2.45, 2.75) is 51.0 Å². The molecule has 2 aliphatic rings. The van der Waals surface area contributed by atoms with E-state index >= 15 is 0 Å². The van der Waals surface area contributed by atoms with Gasteiger partial charge >= 0.3 is 0 Å². The lowest BCUT2D eigenvalue weighted by molar-refractivity contribution is -0.115. The molecule has 1 fully saturated rings. The molecule has 5 nitrogen and oxygen atoms in total. The van der Waals surface area contributed by atoms with E-state index in [2.05, 4.69) is 5.32 Å². The molecule has 4 rings (SSSR count). The summed E-state index contributed by atoms with van der Waals surface area (Å²) in [6.07, 6.45) is 7.99.